The number of hydrogen-bond acceptors (Lipinski definition) is 4. The van der Waals surface area contributed by atoms with E-state index in [1.807, 2.05) is 11.8 Å². The lowest BCUT2D eigenvalue weighted by Crippen LogP contribution is -2.24. The molecule has 1 N–H and O–H groups in total. The number of carbonyl (C=O) groups is 1. The summed E-state index contributed by atoms with van der Waals surface area (Å²) in [7, 11) is 0. The Balaban J connectivity index is 1.99. The predicted molar refractivity (Wildman–Crippen MR) is 63.6 cm³/mol. The van der Waals surface area contributed by atoms with E-state index >= 15 is 0 Å². The summed E-state index contributed by atoms with van der Waals surface area (Å²) in [4.78, 5) is 14.8. The van der Waals surface area contributed by atoms with Crippen molar-refractivity contribution in [3.63, 3.8) is 0 Å². The third-order valence-electron chi connectivity index (χ3n) is 2.49. The Labute approximate surface area is 93.7 Å². The highest BCUT2D eigenvalue weighted by atomic mass is 32.2. The summed E-state index contributed by atoms with van der Waals surface area (Å²) in [6.07, 6.45) is 4.88. The molecule has 0 amide bonds. The molecular weight excluding hydrogens is 208 g/mol. The first kappa shape index (κ1) is 10.5. The smallest absolute Gasteiger partial charge is 0.150 e. The number of nitrogens with zero attached hydrogens (tertiary/aromatic N) is 1. The van der Waals surface area contributed by atoms with Crippen LogP contribution in [0.2, 0.25) is 0 Å². The van der Waals surface area contributed by atoms with Crippen molar-refractivity contribution in [2.45, 2.75) is 18.9 Å². The first-order valence-electron chi connectivity index (χ1n) is 5.14. The highest BCUT2D eigenvalue weighted by molar-refractivity contribution is 7.99. The van der Waals surface area contributed by atoms with Crippen LogP contribution in [0.1, 0.15) is 23.2 Å². The molecule has 0 bridgehead atoms. The zero-order valence-corrected chi connectivity index (χ0v) is 9.30. The molecule has 1 saturated heterocycles. The average Bonchev–Trinajstić information content (AvgIpc) is 2.31. The highest BCUT2D eigenvalue weighted by Gasteiger charge is 2.13. The Kier molecular flexibility index (Phi) is 3.61. The van der Waals surface area contributed by atoms with Gasteiger partial charge in [-0.2, -0.15) is 11.8 Å². The Bertz CT molecular complexity index is 337. The van der Waals surface area contributed by atoms with E-state index in [2.05, 4.69) is 10.3 Å². The van der Waals surface area contributed by atoms with Crippen molar-refractivity contribution in [2.24, 2.45) is 0 Å². The van der Waals surface area contributed by atoms with Crippen LogP contribution in [0.25, 0.3) is 0 Å². The van der Waals surface area contributed by atoms with Gasteiger partial charge in [0.15, 0.2) is 0 Å². The van der Waals surface area contributed by atoms with Crippen molar-refractivity contribution in [1.29, 1.82) is 0 Å². The van der Waals surface area contributed by atoms with E-state index in [9.17, 15) is 4.79 Å². The maximum absolute atomic E-state index is 10.6. The number of carbonyl (C=O) groups excluding carboxylic acids is 1. The summed E-state index contributed by atoms with van der Waals surface area (Å²) in [6.45, 7) is 0. The predicted octanol–water partition coefficient (Wildman–Crippen LogP) is 2.20. The second kappa shape index (κ2) is 5.16. The number of aromatic nitrogens is 1. The Morgan fingerprint density at radius 3 is 3.00 bits per heavy atom. The zero-order chi connectivity index (χ0) is 10.5. The summed E-state index contributed by atoms with van der Waals surface area (Å²) >= 11 is 2.00. The molecule has 0 atom stereocenters. The minimum absolute atomic E-state index is 0.514. The summed E-state index contributed by atoms with van der Waals surface area (Å²) in [6, 6.07) is 4.03. The van der Waals surface area contributed by atoms with Crippen LogP contribution < -0.4 is 5.32 Å². The molecule has 0 spiro atoms. The van der Waals surface area contributed by atoms with E-state index in [0.29, 0.717) is 11.6 Å². The molecule has 15 heavy (non-hydrogen) atoms. The molecule has 2 heterocycles. The van der Waals surface area contributed by atoms with Crippen molar-refractivity contribution in [1.82, 2.24) is 4.98 Å². The fourth-order valence-corrected chi connectivity index (χ4v) is 2.76. The number of hydrogen-bond donors (Lipinski definition) is 1. The molecule has 1 aliphatic rings. The van der Waals surface area contributed by atoms with Gasteiger partial charge in [0.1, 0.15) is 12.1 Å². The van der Waals surface area contributed by atoms with Crippen molar-refractivity contribution in [3.05, 3.63) is 23.9 Å². The monoisotopic (exact) mass is 222 g/mol. The van der Waals surface area contributed by atoms with Crippen LogP contribution in [0.4, 0.5) is 5.82 Å². The van der Waals surface area contributed by atoms with Gasteiger partial charge in [-0.3, -0.25) is 4.79 Å². The van der Waals surface area contributed by atoms with Crippen molar-refractivity contribution < 1.29 is 4.79 Å². The van der Waals surface area contributed by atoms with E-state index in [4.69, 9.17) is 0 Å². The number of nitrogens with one attached hydrogen (secondary N) is 1. The van der Waals surface area contributed by atoms with Crippen LogP contribution in [0.5, 0.6) is 0 Å². The number of aldehydes is 1. The molecule has 1 fully saturated rings. The van der Waals surface area contributed by atoms with E-state index in [-0.39, 0.29) is 0 Å². The first-order chi connectivity index (χ1) is 7.38. The molecule has 0 unspecified atom stereocenters. The van der Waals surface area contributed by atoms with E-state index in [1.165, 1.54) is 24.3 Å². The van der Waals surface area contributed by atoms with Gasteiger partial charge in [0.2, 0.25) is 0 Å². The lowest BCUT2D eigenvalue weighted by atomic mass is 10.1. The number of anilines is 1. The van der Waals surface area contributed by atoms with Gasteiger partial charge in [0.25, 0.3) is 0 Å². The van der Waals surface area contributed by atoms with Crippen LogP contribution in [-0.4, -0.2) is 28.8 Å². The molecule has 1 aromatic heterocycles. The minimum atomic E-state index is 0.514. The molecule has 0 aliphatic carbocycles. The van der Waals surface area contributed by atoms with Gasteiger partial charge in [0, 0.05) is 17.8 Å². The summed E-state index contributed by atoms with van der Waals surface area (Å²) in [5.41, 5.74) is 0.678. The van der Waals surface area contributed by atoms with E-state index in [1.54, 1.807) is 18.3 Å². The van der Waals surface area contributed by atoms with Crippen LogP contribution in [0.15, 0.2) is 18.3 Å². The number of pyridine rings is 1. The molecule has 4 heteroatoms. The third-order valence-corrected chi connectivity index (χ3v) is 3.54. The molecule has 1 aromatic rings. The highest BCUT2D eigenvalue weighted by Crippen LogP contribution is 2.20. The van der Waals surface area contributed by atoms with Gasteiger partial charge < -0.3 is 5.32 Å². The molecule has 0 aromatic carbocycles. The SMILES string of the molecule is O=Cc1ccnc(NC2CCSCC2)c1. The maximum Gasteiger partial charge on any atom is 0.150 e. The second-order valence-electron chi connectivity index (χ2n) is 3.62. The second-order valence-corrected chi connectivity index (χ2v) is 4.85. The standard InChI is InChI=1S/C11H14N2OS/c14-8-9-1-4-12-11(7-9)13-10-2-5-15-6-3-10/h1,4,7-8,10H,2-3,5-6H2,(H,12,13). The van der Waals surface area contributed by atoms with Gasteiger partial charge >= 0.3 is 0 Å². The van der Waals surface area contributed by atoms with Crippen LogP contribution in [0, 0.1) is 0 Å². The molecule has 0 radical (unpaired) electrons. The molecule has 2 rings (SSSR count). The van der Waals surface area contributed by atoms with E-state index in [0.717, 1.165) is 12.1 Å². The van der Waals surface area contributed by atoms with Gasteiger partial charge in [-0.1, -0.05) is 0 Å². The minimum Gasteiger partial charge on any atom is -0.367 e. The molecule has 0 saturated carbocycles. The molecule has 1 aliphatic heterocycles. The molecule has 3 nitrogen and oxygen atoms in total. The van der Waals surface area contributed by atoms with Crippen LogP contribution in [0.3, 0.4) is 0 Å². The lowest BCUT2D eigenvalue weighted by molar-refractivity contribution is 0.112. The first-order valence-corrected chi connectivity index (χ1v) is 6.29. The van der Waals surface area contributed by atoms with Gasteiger partial charge in [-0.05, 0) is 36.5 Å². The van der Waals surface area contributed by atoms with Gasteiger partial charge in [-0.15, -0.1) is 0 Å². The van der Waals surface area contributed by atoms with Crippen molar-refractivity contribution in [3.8, 4) is 0 Å². The van der Waals surface area contributed by atoms with Crippen molar-refractivity contribution in [2.75, 3.05) is 16.8 Å². The molecular formula is C11H14N2OS. The largest absolute Gasteiger partial charge is 0.367 e. The third kappa shape index (κ3) is 2.96. The zero-order valence-electron chi connectivity index (χ0n) is 8.48. The fraction of sp³-hybridized carbons (Fsp3) is 0.455. The van der Waals surface area contributed by atoms with Crippen LogP contribution >= 0.6 is 11.8 Å². The average molecular weight is 222 g/mol. The van der Waals surface area contributed by atoms with Crippen LogP contribution in [-0.2, 0) is 0 Å². The maximum atomic E-state index is 10.6. The quantitative estimate of drug-likeness (QED) is 0.796. The lowest BCUT2D eigenvalue weighted by Gasteiger charge is -2.22. The number of rotatable bonds is 3. The van der Waals surface area contributed by atoms with E-state index < -0.39 is 0 Å². The Hall–Kier alpha value is -1.03. The topological polar surface area (TPSA) is 42.0 Å². The Morgan fingerprint density at radius 2 is 2.27 bits per heavy atom. The number of thioether (sulfide) groups is 1. The summed E-state index contributed by atoms with van der Waals surface area (Å²) in [5.74, 6) is 3.24. The Morgan fingerprint density at radius 1 is 1.47 bits per heavy atom. The summed E-state index contributed by atoms with van der Waals surface area (Å²) in [5, 5.41) is 3.37. The molecule has 80 valence electrons. The summed E-state index contributed by atoms with van der Waals surface area (Å²) < 4.78 is 0. The van der Waals surface area contributed by atoms with Gasteiger partial charge in [0.05, 0.1) is 0 Å². The fourth-order valence-electron chi connectivity index (χ4n) is 1.65. The normalized spacial score (nSPS) is 17.3. The van der Waals surface area contributed by atoms with Crippen molar-refractivity contribution >= 4 is 23.9 Å². The van der Waals surface area contributed by atoms with Gasteiger partial charge in [-0.25, -0.2) is 4.98 Å².